The maximum Gasteiger partial charge on any atom is 0.265 e. The van der Waals surface area contributed by atoms with E-state index in [9.17, 15) is 4.79 Å². The molecule has 0 radical (unpaired) electrons. The number of benzene rings is 2. The zero-order valence-corrected chi connectivity index (χ0v) is 16.5. The highest BCUT2D eigenvalue weighted by atomic mass is 35.5. The van der Waals surface area contributed by atoms with Crippen molar-refractivity contribution < 1.29 is 14.3 Å². The van der Waals surface area contributed by atoms with Gasteiger partial charge >= 0.3 is 0 Å². The number of hydrogen-bond acceptors (Lipinski definition) is 6. The summed E-state index contributed by atoms with van der Waals surface area (Å²) in [6, 6.07) is 13.1. The Morgan fingerprint density at radius 3 is 2.86 bits per heavy atom. The number of amides is 1. The van der Waals surface area contributed by atoms with Gasteiger partial charge in [-0.25, -0.2) is 4.98 Å². The normalized spacial score (nSPS) is 13.2. The molecule has 28 heavy (non-hydrogen) atoms. The van der Waals surface area contributed by atoms with Crippen molar-refractivity contribution in [3.05, 3.63) is 52.9 Å². The Hall–Kier alpha value is -2.77. The number of nitrogen functional groups attached to an aromatic ring is 1. The Morgan fingerprint density at radius 2 is 2.11 bits per heavy atom. The number of fused-ring (bicyclic) bond motifs is 1. The predicted octanol–water partition coefficient (Wildman–Crippen LogP) is 4.24. The number of nitrogens with two attached hydrogens (primary N) is 1. The first kappa shape index (κ1) is 18.6. The van der Waals surface area contributed by atoms with Gasteiger partial charge in [-0.3, -0.25) is 4.79 Å². The summed E-state index contributed by atoms with van der Waals surface area (Å²) in [4.78, 5) is 18.5. The van der Waals surface area contributed by atoms with Crippen LogP contribution in [-0.4, -0.2) is 30.6 Å². The lowest BCUT2D eigenvalue weighted by Crippen LogP contribution is -2.40. The second-order valence-corrected chi connectivity index (χ2v) is 7.55. The number of hydrogen-bond donors (Lipinski definition) is 1. The summed E-state index contributed by atoms with van der Waals surface area (Å²) >= 11 is 7.66. The highest BCUT2D eigenvalue weighted by Gasteiger charge is 2.29. The molecule has 8 heteroatoms. The second-order valence-electron chi connectivity index (χ2n) is 6.22. The molecule has 0 unspecified atom stereocenters. The van der Waals surface area contributed by atoms with Gasteiger partial charge in [0.25, 0.3) is 5.91 Å². The fourth-order valence-electron chi connectivity index (χ4n) is 3.05. The first-order valence-corrected chi connectivity index (χ1v) is 10.0. The molecule has 2 aromatic carbocycles. The fraction of sp³-hybridized carbons (Fsp3) is 0.200. The summed E-state index contributed by atoms with van der Waals surface area (Å²) in [7, 11) is 0. The van der Waals surface area contributed by atoms with E-state index in [2.05, 4.69) is 4.98 Å². The lowest BCUT2D eigenvalue weighted by Gasteiger charge is -2.30. The van der Waals surface area contributed by atoms with E-state index in [-0.39, 0.29) is 12.5 Å². The molecule has 4 rings (SSSR count). The first-order chi connectivity index (χ1) is 13.6. The van der Waals surface area contributed by atoms with Gasteiger partial charge in [-0.2, -0.15) is 0 Å². The van der Waals surface area contributed by atoms with Gasteiger partial charge in [-0.05, 0) is 30.7 Å². The van der Waals surface area contributed by atoms with Gasteiger partial charge in [0.15, 0.2) is 17.5 Å². The number of para-hydroxylation sites is 1. The number of halogens is 1. The summed E-state index contributed by atoms with van der Waals surface area (Å²) in [5.41, 5.74) is 7.82. The topological polar surface area (TPSA) is 77.7 Å². The maximum atomic E-state index is 12.5. The molecule has 0 spiro atoms. The molecule has 1 aromatic heterocycles. The minimum atomic E-state index is -0.113. The average molecular weight is 416 g/mol. The van der Waals surface area contributed by atoms with Crippen molar-refractivity contribution in [2.75, 3.05) is 30.4 Å². The minimum Gasteiger partial charge on any atom is -0.494 e. The summed E-state index contributed by atoms with van der Waals surface area (Å²) in [5, 5.41) is 2.81. The monoisotopic (exact) mass is 415 g/mol. The quantitative estimate of drug-likeness (QED) is 0.609. The Bertz CT molecular complexity index is 994. The molecule has 1 amide bonds. The van der Waals surface area contributed by atoms with E-state index in [0.717, 1.165) is 11.3 Å². The Morgan fingerprint density at radius 1 is 1.29 bits per heavy atom. The van der Waals surface area contributed by atoms with Crippen LogP contribution in [0.2, 0.25) is 5.02 Å². The van der Waals surface area contributed by atoms with Gasteiger partial charge in [0.05, 0.1) is 18.0 Å². The SMILES string of the molecule is Nc1nc(-c2cc(Cl)cc3c2OCC(=O)N3CCCOc2ccccc2)cs1. The molecule has 0 bridgehead atoms. The first-order valence-electron chi connectivity index (χ1n) is 8.78. The summed E-state index contributed by atoms with van der Waals surface area (Å²) in [6.07, 6.45) is 0.672. The zero-order valence-electron chi connectivity index (χ0n) is 14.9. The molecule has 2 N–H and O–H groups in total. The van der Waals surface area contributed by atoms with Crippen LogP contribution in [0.3, 0.4) is 0 Å². The summed E-state index contributed by atoms with van der Waals surface area (Å²) in [5.74, 6) is 1.29. The van der Waals surface area contributed by atoms with Gasteiger partial charge in [-0.1, -0.05) is 29.8 Å². The van der Waals surface area contributed by atoms with Crippen LogP contribution in [0.1, 0.15) is 6.42 Å². The van der Waals surface area contributed by atoms with Crippen molar-refractivity contribution in [2.24, 2.45) is 0 Å². The highest BCUT2D eigenvalue weighted by Crippen LogP contribution is 2.43. The van der Waals surface area contributed by atoms with Crippen LogP contribution >= 0.6 is 22.9 Å². The van der Waals surface area contributed by atoms with Gasteiger partial charge in [0.1, 0.15) is 5.75 Å². The van der Waals surface area contributed by atoms with E-state index in [0.29, 0.717) is 46.9 Å². The van der Waals surface area contributed by atoms with Crippen molar-refractivity contribution in [1.82, 2.24) is 4.98 Å². The molecule has 6 nitrogen and oxygen atoms in total. The number of carbonyl (C=O) groups is 1. The van der Waals surface area contributed by atoms with Gasteiger partial charge in [0, 0.05) is 22.5 Å². The third-order valence-electron chi connectivity index (χ3n) is 4.30. The largest absolute Gasteiger partial charge is 0.494 e. The van der Waals surface area contributed by atoms with Crippen molar-refractivity contribution in [3.8, 4) is 22.8 Å². The maximum absolute atomic E-state index is 12.5. The van der Waals surface area contributed by atoms with Crippen molar-refractivity contribution >= 4 is 39.7 Å². The van der Waals surface area contributed by atoms with Crippen LogP contribution in [0.25, 0.3) is 11.3 Å². The van der Waals surface area contributed by atoms with E-state index in [1.165, 1.54) is 11.3 Å². The number of carbonyl (C=O) groups excluding carboxylic acids is 1. The van der Waals surface area contributed by atoms with Gasteiger partial charge in [0.2, 0.25) is 0 Å². The summed E-state index contributed by atoms with van der Waals surface area (Å²) in [6.45, 7) is 0.974. The van der Waals surface area contributed by atoms with Crippen molar-refractivity contribution in [3.63, 3.8) is 0 Å². The highest BCUT2D eigenvalue weighted by molar-refractivity contribution is 7.13. The van der Waals surface area contributed by atoms with Crippen LogP contribution in [0.4, 0.5) is 10.8 Å². The number of anilines is 2. The average Bonchev–Trinajstić information content (AvgIpc) is 3.13. The number of rotatable bonds is 6. The molecule has 1 aliphatic rings. The fourth-order valence-corrected chi connectivity index (χ4v) is 3.83. The Labute approximate surface area is 171 Å². The molecule has 1 aliphatic heterocycles. The number of nitrogens with zero attached hydrogens (tertiary/aromatic N) is 2. The Kier molecular flexibility index (Phi) is 5.36. The Balaban J connectivity index is 1.53. The summed E-state index contributed by atoms with van der Waals surface area (Å²) < 4.78 is 11.5. The third-order valence-corrected chi connectivity index (χ3v) is 5.19. The lowest BCUT2D eigenvalue weighted by atomic mass is 10.1. The zero-order chi connectivity index (χ0) is 19.5. The molecule has 2 heterocycles. The van der Waals surface area contributed by atoms with E-state index in [1.807, 2.05) is 35.7 Å². The van der Waals surface area contributed by atoms with E-state index >= 15 is 0 Å². The van der Waals surface area contributed by atoms with E-state index in [1.54, 1.807) is 17.0 Å². The van der Waals surface area contributed by atoms with Crippen LogP contribution in [0.15, 0.2) is 47.8 Å². The standard InChI is InChI=1S/C20H18ClN3O3S/c21-13-9-15(16-12-28-20(22)23-16)19-17(10-13)24(18(25)11-27-19)7-4-8-26-14-5-2-1-3-6-14/h1-3,5-6,9-10,12H,4,7-8,11H2,(H2,22,23). The van der Waals surface area contributed by atoms with Gasteiger partial charge < -0.3 is 20.1 Å². The van der Waals surface area contributed by atoms with Crippen LogP contribution in [0.5, 0.6) is 11.5 Å². The van der Waals surface area contributed by atoms with Crippen LogP contribution in [-0.2, 0) is 4.79 Å². The number of aromatic nitrogens is 1. The van der Waals surface area contributed by atoms with Crippen molar-refractivity contribution in [1.29, 1.82) is 0 Å². The second kappa shape index (κ2) is 8.08. The molecule has 0 saturated heterocycles. The molecule has 3 aromatic rings. The van der Waals surface area contributed by atoms with Crippen molar-refractivity contribution in [2.45, 2.75) is 6.42 Å². The molecule has 0 fully saturated rings. The molecule has 0 aliphatic carbocycles. The van der Waals surface area contributed by atoms with Crippen LogP contribution < -0.4 is 20.1 Å². The molecule has 0 atom stereocenters. The minimum absolute atomic E-state index is 0.0270. The van der Waals surface area contributed by atoms with Gasteiger partial charge in [-0.15, -0.1) is 11.3 Å². The van der Waals surface area contributed by atoms with E-state index < -0.39 is 0 Å². The predicted molar refractivity (Wildman–Crippen MR) is 111 cm³/mol. The third kappa shape index (κ3) is 3.90. The molecule has 0 saturated carbocycles. The number of ether oxygens (including phenoxy) is 2. The molecular weight excluding hydrogens is 398 g/mol. The number of thiazole rings is 1. The van der Waals surface area contributed by atoms with E-state index in [4.69, 9.17) is 26.8 Å². The smallest absolute Gasteiger partial charge is 0.265 e. The van der Waals surface area contributed by atoms with Crippen LogP contribution in [0, 0.1) is 0 Å². The lowest BCUT2D eigenvalue weighted by molar-refractivity contribution is -0.121. The molecule has 144 valence electrons. The molecular formula is C20H18ClN3O3S.